The van der Waals surface area contributed by atoms with Gasteiger partial charge in [0.05, 0.1) is 18.6 Å². The number of anilines is 2. The van der Waals surface area contributed by atoms with Crippen molar-refractivity contribution < 1.29 is 27.4 Å². The summed E-state index contributed by atoms with van der Waals surface area (Å²) in [6.07, 6.45) is 0. The molecule has 2 N–H and O–H groups in total. The van der Waals surface area contributed by atoms with E-state index in [4.69, 9.17) is 14.2 Å². The minimum atomic E-state index is -3.89. The van der Waals surface area contributed by atoms with E-state index in [2.05, 4.69) is 10.0 Å². The van der Waals surface area contributed by atoms with Gasteiger partial charge >= 0.3 is 0 Å². The number of aryl methyl sites for hydroxylation is 1. The van der Waals surface area contributed by atoms with E-state index < -0.39 is 15.9 Å². The van der Waals surface area contributed by atoms with Crippen molar-refractivity contribution in [3.8, 4) is 11.5 Å². The first kappa shape index (κ1) is 24.1. The average molecular weight is 471 g/mol. The van der Waals surface area contributed by atoms with Gasteiger partial charge in [0.2, 0.25) is 0 Å². The van der Waals surface area contributed by atoms with E-state index in [1.165, 1.54) is 19.2 Å². The molecule has 0 saturated heterocycles. The molecular formula is C24H26N2O6S. The summed E-state index contributed by atoms with van der Waals surface area (Å²) in [4.78, 5) is 12.8. The van der Waals surface area contributed by atoms with Crippen molar-refractivity contribution in [3.63, 3.8) is 0 Å². The first-order valence-electron chi connectivity index (χ1n) is 10.1. The minimum Gasteiger partial charge on any atom is -0.497 e. The SMILES string of the molecule is COCCOc1ccc(NC(=O)c2cc(S(=O)(=O)Nc3ccc(OC)cc3)ccc2C)cc1. The number of hydrogen-bond donors (Lipinski definition) is 2. The highest BCUT2D eigenvalue weighted by Crippen LogP contribution is 2.22. The van der Waals surface area contributed by atoms with Crippen LogP contribution in [0, 0.1) is 6.92 Å². The molecule has 1 amide bonds. The van der Waals surface area contributed by atoms with E-state index in [1.54, 1.807) is 68.6 Å². The molecule has 0 fully saturated rings. The van der Waals surface area contributed by atoms with Crippen LogP contribution in [0.4, 0.5) is 11.4 Å². The third kappa shape index (κ3) is 6.47. The molecule has 3 rings (SSSR count). The highest BCUT2D eigenvalue weighted by atomic mass is 32.2. The van der Waals surface area contributed by atoms with E-state index in [1.807, 2.05) is 0 Å². The van der Waals surface area contributed by atoms with Gasteiger partial charge in [-0.3, -0.25) is 9.52 Å². The van der Waals surface area contributed by atoms with Crippen LogP contribution in [0.3, 0.4) is 0 Å². The second-order valence-electron chi connectivity index (χ2n) is 7.13. The molecule has 0 bridgehead atoms. The Morgan fingerprint density at radius 1 is 0.848 bits per heavy atom. The van der Waals surface area contributed by atoms with Crippen LogP contribution in [0.15, 0.2) is 71.6 Å². The van der Waals surface area contributed by atoms with Gasteiger partial charge < -0.3 is 19.5 Å². The van der Waals surface area contributed by atoms with E-state index in [-0.39, 0.29) is 10.5 Å². The van der Waals surface area contributed by atoms with Crippen LogP contribution in [0.25, 0.3) is 0 Å². The Bertz CT molecular complexity index is 1190. The van der Waals surface area contributed by atoms with Crippen LogP contribution in [0.1, 0.15) is 15.9 Å². The Hall–Kier alpha value is -3.56. The number of amides is 1. The maximum absolute atomic E-state index is 12.9. The Morgan fingerprint density at radius 3 is 2.12 bits per heavy atom. The number of ether oxygens (including phenoxy) is 3. The summed E-state index contributed by atoms with van der Waals surface area (Å²) in [6, 6.07) is 17.8. The lowest BCUT2D eigenvalue weighted by Crippen LogP contribution is -2.17. The Morgan fingerprint density at radius 2 is 1.48 bits per heavy atom. The van der Waals surface area contributed by atoms with Gasteiger partial charge in [-0.1, -0.05) is 6.07 Å². The summed E-state index contributed by atoms with van der Waals surface area (Å²) >= 11 is 0. The number of nitrogens with one attached hydrogen (secondary N) is 2. The minimum absolute atomic E-state index is 0.0176. The predicted octanol–water partition coefficient (Wildman–Crippen LogP) is 4.08. The van der Waals surface area contributed by atoms with Gasteiger partial charge in [-0.25, -0.2) is 8.42 Å². The maximum atomic E-state index is 12.9. The van der Waals surface area contributed by atoms with Crippen LogP contribution in [-0.4, -0.2) is 41.8 Å². The number of methoxy groups -OCH3 is 2. The molecular weight excluding hydrogens is 444 g/mol. The maximum Gasteiger partial charge on any atom is 0.261 e. The fraction of sp³-hybridized carbons (Fsp3) is 0.208. The van der Waals surface area contributed by atoms with Gasteiger partial charge in [0.1, 0.15) is 18.1 Å². The summed E-state index contributed by atoms with van der Waals surface area (Å²) in [5.74, 6) is 0.850. The largest absolute Gasteiger partial charge is 0.497 e. The quantitative estimate of drug-likeness (QED) is 0.433. The van der Waals surface area contributed by atoms with Crippen molar-refractivity contribution in [2.75, 3.05) is 37.5 Å². The summed E-state index contributed by atoms with van der Waals surface area (Å²) in [5.41, 5.74) is 1.85. The van der Waals surface area contributed by atoms with Gasteiger partial charge in [-0.2, -0.15) is 0 Å². The van der Waals surface area contributed by atoms with Crippen LogP contribution >= 0.6 is 0 Å². The molecule has 0 aromatic heterocycles. The van der Waals surface area contributed by atoms with Crippen molar-refractivity contribution in [1.82, 2.24) is 0 Å². The zero-order valence-electron chi connectivity index (χ0n) is 18.6. The van der Waals surface area contributed by atoms with Crippen molar-refractivity contribution in [3.05, 3.63) is 77.9 Å². The summed E-state index contributed by atoms with van der Waals surface area (Å²) in [5, 5.41) is 2.79. The molecule has 8 nitrogen and oxygen atoms in total. The Kier molecular flexibility index (Phi) is 7.92. The van der Waals surface area contributed by atoms with Crippen LogP contribution < -0.4 is 19.5 Å². The normalized spacial score (nSPS) is 11.0. The highest BCUT2D eigenvalue weighted by Gasteiger charge is 2.18. The van der Waals surface area contributed by atoms with Crippen molar-refractivity contribution in [1.29, 1.82) is 0 Å². The van der Waals surface area contributed by atoms with Gasteiger partial charge in [0.15, 0.2) is 0 Å². The van der Waals surface area contributed by atoms with Crippen LogP contribution in [0.5, 0.6) is 11.5 Å². The summed E-state index contributed by atoms with van der Waals surface area (Å²) in [7, 11) is -0.765. The molecule has 33 heavy (non-hydrogen) atoms. The van der Waals surface area contributed by atoms with E-state index in [0.717, 1.165) is 0 Å². The van der Waals surface area contributed by atoms with E-state index in [0.29, 0.717) is 41.7 Å². The number of hydrogen-bond acceptors (Lipinski definition) is 6. The van der Waals surface area contributed by atoms with Crippen LogP contribution in [-0.2, 0) is 14.8 Å². The second kappa shape index (κ2) is 10.8. The lowest BCUT2D eigenvalue weighted by atomic mass is 10.1. The Balaban J connectivity index is 1.73. The van der Waals surface area contributed by atoms with Crippen molar-refractivity contribution in [2.45, 2.75) is 11.8 Å². The molecule has 0 saturated carbocycles. The van der Waals surface area contributed by atoms with E-state index >= 15 is 0 Å². The molecule has 0 atom stereocenters. The fourth-order valence-electron chi connectivity index (χ4n) is 2.96. The molecule has 0 unspecified atom stereocenters. The van der Waals surface area contributed by atoms with Gasteiger partial charge in [-0.15, -0.1) is 0 Å². The molecule has 0 aliphatic carbocycles. The number of sulfonamides is 1. The molecule has 9 heteroatoms. The lowest BCUT2D eigenvalue weighted by Gasteiger charge is -2.12. The number of carbonyl (C=O) groups excluding carboxylic acids is 1. The second-order valence-corrected chi connectivity index (χ2v) is 8.81. The highest BCUT2D eigenvalue weighted by molar-refractivity contribution is 7.92. The molecule has 3 aromatic rings. The Labute approximate surface area is 193 Å². The molecule has 0 heterocycles. The topological polar surface area (TPSA) is 103 Å². The van der Waals surface area contributed by atoms with Gasteiger partial charge in [0, 0.05) is 24.0 Å². The lowest BCUT2D eigenvalue weighted by molar-refractivity contribution is 0.102. The summed E-state index contributed by atoms with van der Waals surface area (Å²) < 4.78 is 43.7. The molecule has 174 valence electrons. The van der Waals surface area contributed by atoms with Gasteiger partial charge in [-0.05, 0) is 73.2 Å². The predicted molar refractivity (Wildman–Crippen MR) is 127 cm³/mol. The fourth-order valence-corrected chi connectivity index (χ4v) is 4.05. The van der Waals surface area contributed by atoms with Crippen LogP contribution in [0.2, 0.25) is 0 Å². The van der Waals surface area contributed by atoms with Crippen molar-refractivity contribution >= 4 is 27.3 Å². The third-order valence-corrected chi connectivity index (χ3v) is 6.15. The molecule has 3 aromatic carbocycles. The molecule has 0 aliphatic heterocycles. The standard InChI is InChI=1S/C24H26N2O6S/c1-17-4-13-22(33(28,29)26-19-7-9-20(31-3)10-8-19)16-23(17)24(27)25-18-5-11-21(12-6-18)32-15-14-30-2/h4-13,16,26H,14-15H2,1-3H3,(H,25,27). The zero-order chi connectivity index (χ0) is 23.8. The molecule has 0 radical (unpaired) electrons. The summed E-state index contributed by atoms with van der Waals surface area (Å²) in [6.45, 7) is 2.65. The smallest absolute Gasteiger partial charge is 0.261 e. The average Bonchev–Trinajstić information content (AvgIpc) is 2.80. The van der Waals surface area contributed by atoms with Gasteiger partial charge in [0.25, 0.3) is 15.9 Å². The third-order valence-electron chi connectivity index (χ3n) is 4.77. The number of carbonyl (C=O) groups is 1. The zero-order valence-corrected chi connectivity index (χ0v) is 19.4. The van der Waals surface area contributed by atoms with E-state index in [9.17, 15) is 13.2 Å². The monoisotopic (exact) mass is 470 g/mol. The first-order chi connectivity index (χ1) is 15.8. The molecule has 0 aliphatic rings. The first-order valence-corrected chi connectivity index (χ1v) is 11.6. The molecule has 0 spiro atoms. The van der Waals surface area contributed by atoms with Crippen molar-refractivity contribution in [2.24, 2.45) is 0 Å². The number of rotatable bonds is 10. The number of benzene rings is 3.